The number of amides is 2. The molecule has 0 bridgehead atoms. The highest BCUT2D eigenvalue weighted by atomic mass is 19.1. The summed E-state index contributed by atoms with van der Waals surface area (Å²) in [6.07, 6.45) is -0.395. The smallest absolute Gasteiger partial charge is 0.239 e. The number of ether oxygens (including phenoxy) is 1. The second-order valence-electron chi connectivity index (χ2n) is 5.57. The van der Waals surface area contributed by atoms with Crippen LogP contribution in [0.25, 0.3) is 0 Å². The highest BCUT2D eigenvalue weighted by Crippen LogP contribution is 2.15. The van der Waals surface area contributed by atoms with Crippen molar-refractivity contribution in [1.82, 2.24) is 10.6 Å². The Morgan fingerprint density at radius 1 is 1.22 bits per heavy atom. The molecule has 0 aliphatic heterocycles. The van der Waals surface area contributed by atoms with Crippen LogP contribution in [0.15, 0.2) is 24.3 Å². The van der Waals surface area contributed by atoms with Crippen molar-refractivity contribution in [3.05, 3.63) is 35.6 Å². The first-order valence-electron chi connectivity index (χ1n) is 7.43. The molecule has 128 valence electrons. The van der Waals surface area contributed by atoms with E-state index in [4.69, 9.17) is 10.5 Å². The van der Waals surface area contributed by atoms with Crippen molar-refractivity contribution in [2.75, 3.05) is 20.2 Å². The molecule has 4 N–H and O–H groups in total. The van der Waals surface area contributed by atoms with E-state index in [1.807, 2.05) is 13.8 Å². The van der Waals surface area contributed by atoms with Gasteiger partial charge in [0.2, 0.25) is 11.8 Å². The van der Waals surface area contributed by atoms with Gasteiger partial charge < -0.3 is 21.1 Å². The van der Waals surface area contributed by atoms with Gasteiger partial charge in [0.1, 0.15) is 5.82 Å². The normalized spacial score (nSPS) is 13.5. The van der Waals surface area contributed by atoms with Crippen LogP contribution < -0.4 is 16.4 Å². The molecule has 0 aliphatic carbocycles. The SMILES string of the molecule is COC(CNC(=O)CNC(=O)[C@@H](N)C(C)C)c1ccc(F)cc1. The number of rotatable bonds is 8. The Morgan fingerprint density at radius 3 is 2.35 bits per heavy atom. The van der Waals surface area contributed by atoms with Crippen LogP contribution in [-0.2, 0) is 14.3 Å². The number of nitrogens with one attached hydrogen (secondary N) is 2. The second kappa shape index (κ2) is 9.22. The van der Waals surface area contributed by atoms with Gasteiger partial charge in [0.05, 0.1) is 18.7 Å². The fraction of sp³-hybridized carbons (Fsp3) is 0.500. The Morgan fingerprint density at radius 2 is 1.83 bits per heavy atom. The fourth-order valence-corrected chi connectivity index (χ4v) is 1.87. The van der Waals surface area contributed by atoms with Gasteiger partial charge in [0.15, 0.2) is 0 Å². The Bertz CT molecular complexity index is 520. The van der Waals surface area contributed by atoms with Crippen molar-refractivity contribution < 1.29 is 18.7 Å². The molecule has 0 aromatic heterocycles. The first-order valence-corrected chi connectivity index (χ1v) is 7.43. The summed E-state index contributed by atoms with van der Waals surface area (Å²) in [7, 11) is 1.50. The van der Waals surface area contributed by atoms with Crippen molar-refractivity contribution in [2.24, 2.45) is 11.7 Å². The van der Waals surface area contributed by atoms with E-state index in [2.05, 4.69) is 10.6 Å². The average Bonchev–Trinajstić information content (AvgIpc) is 2.53. The molecule has 0 heterocycles. The molecule has 0 saturated heterocycles. The second-order valence-corrected chi connectivity index (χ2v) is 5.57. The summed E-state index contributed by atoms with van der Waals surface area (Å²) in [5.41, 5.74) is 6.43. The van der Waals surface area contributed by atoms with Gasteiger partial charge in [-0.1, -0.05) is 26.0 Å². The largest absolute Gasteiger partial charge is 0.375 e. The van der Waals surface area contributed by atoms with Crippen LogP contribution in [0, 0.1) is 11.7 Å². The molecule has 2 atom stereocenters. The molecule has 1 aromatic carbocycles. The maximum Gasteiger partial charge on any atom is 0.239 e. The molecule has 0 radical (unpaired) electrons. The quantitative estimate of drug-likeness (QED) is 0.657. The summed E-state index contributed by atoms with van der Waals surface area (Å²) in [5.74, 6) is -1.05. The standard InChI is InChI=1S/C16H24FN3O3/c1-10(2)15(18)16(22)20-9-14(21)19-8-13(23-3)11-4-6-12(17)7-5-11/h4-7,10,13,15H,8-9,18H2,1-3H3,(H,19,21)(H,20,22)/t13?,15-/m0/s1. The van der Waals surface area contributed by atoms with E-state index in [0.717, 1.165) is 5.56 Å². The van der Waals surface area contributed by atoms with E-state index in [1.54, 1.807) is 12.1 Å². The Balaban J connectivity index is 2.42. The molecule has 2 amide bonds. The minimum absolute atomic E-state index is 0.00518. The van der Waals surface area contributed by atoms with E-state index in [-0.39, 0.29) is 36.6 Å². The van der Waals surface area contributed by atoms with Crippen molar-refractivity contribution in [1.29, 1.82) is 0 Å². The average molecular weight is 325 g/mol. The maximum atomic E-state index is 12.9. The van der Waals surface area contributed by atoms with Crippen LogP contribution in [0.4, 0.5) is 4.39 Å². The fourth-order valence-electron chi connectivity index (χ4n) is 1.87. The number of hydrogen-bond donors (Lipinski definition) is 3. The maximum absolute atomic E-state index is 12.9. The van der Waals surface area contributed by atoms with Crippen LogP contribution in [0.5, 0.6) is 0 Å². The van der Waals surface area contributed by atoms with E-state index in [0.29, 0.717) is 0 Å². The van der Waals surface area contributed by atoms with Gasteiger partial charge in [-0.25, -0.2) is 4.39 Å². The number of benzene rings is 1. The van der Waals surface area contributed by atoms with Crippen LogP contribution >= 0.6 is 0 Å². The molecule has 6 nitrogen and oxygen atoms in total. The highest BCUT2D eigenvalue weighted by molar-refractivity contribution is 5.87. The molecule has 1 rings (SSSR count). The van der Waals surface area contributed by atoms with Crippen LogP contribution in [-0.4, -0.2) is 38.1 Å². The lowest BCUT2D eigenvalue weighted by molar-refractivity contribution is -0.127. The van der Waals surface area contributed by atoms with Crippen molar-refractivity contribution >= 4 is 11.8 Å². The molecule has 0 saturated carbocycles. The third-order valence-electron chi connectivity index (χ3n) is 3.46. The third kappa shape index (κ3) is 6.33. The van der Waals surface area contributed by atoms with E-state index in [9.17, 15) is 14.0 Å². The Kier molecular flexibility index (Phi) is 7.64. The minimum atomic E-state index is -0.645. The number of carbonyl (C=O) groups is 2. The monoisotopic (exact) mass is 325 g/mol. The summed E-state index contributed by atoms with van der Waals surface area (Å²) < 4.78 is 18.2. The Labute approximate surface area is 135 Å². The molecule has 7 heteroatoms. The first-order chi connectivity index (χ1) is 10.8. The van der Waals surface area contributed by atoms with Gasteiger partial charge in [-0.2, -0.15) is 0 Å². The van der Waals surface area contributed by atoms with Gasteiger partial charge in [-0.05, 0) is 23.6 Å². The highest BCUT2D eigenvalue weighted by Gasteiger charge is 2.18. The summed E-state index contributed by atoms with van der Waals surface area (Å²) in [5, 5.41) is 5.14. The number of nitrogens with two attached hydrogens (primary N) is 1. The van der Waals surface area contributed by atoms with Crippen molar-refractivity contribution in [3.63, 3.8) is 0 Å². The van der Waals surface area contributed by atoms with E-state index < -0.39 is 12.1 Å². The lowest BCUT2D eigenvalue weighted by atomic mass is 10.1. The zero-order chi connectivity index (χ0) is 17.4. The molecule has 23 heavy (non-hydrogen) atoms. The first kappa shape index (κ1) is 19.1. The molecule has 0 fully saturated rings. The predicted octanol–water partition coefficient (Wildman–Crippen LogP) is 0.729. The molecule has 1 unspecified atom stereocenters. The number of hydrogen-bond acceptors (Lipinski definition) is 4. The van der Waals surface area contributed by atoms with Crippen LogP contribution in [0.2, 0.25) is 0 Å². The summed E-state index contributed by atoms with van der Waals surface area (Å²) in [6, 6.07) is 5.21. The molecule has 0 aliphatic rings. The molecular formula is C16H24FN3O3. The lowest BCUT2D eigenvalue weighted by Gasteiger charge is -2.18. The van der Waals surface area contributed by atoms with Gasteiger partial charge in [0, 0.05) is 13.7 Å². The minimum Gasteiger partial charge on any atom is -0.375 e. The molecule has 1 aromatic rings. The molecular weight excluding hydrogens is 301 g/mol. The van der Waals surface area contributed by atoms with Gasteiger partial charge in [-0.3, -0.25) is 9.59 Å². The lowest BCUT2D eigenvalue weighted by Crippen LogP contribution is -2.47. The third-order valence-corrected chi connectivity index (χ3v) is 3.46. The zero-order valence-corrected chi connectivity index (χ0v) is 13.6. The van der Waals surface area contributed by atoms with Crippen LogP contribution in [0.3, 0.4) is 0 Å². The predicted molar refractivity (Wildman–Crippen MR) is 85.0 cm³/mol. The van der Waals surface area contributed by atoms with Crippen molar-refractivity contribution in [3.8, 4) is 0 Å². The number of methoxy groups -OCH3 is 1. The summed E-state index contributed by atoms with van der Waals surface area (Å²) >= 11 is 0. The van der Waals surface area contributed by atoms with E-state index >= 15 is 0 Å². The van der Waals surface area contributed by atoms with E-state index in [1.165, 1.54) is 19.2 Å². The number of halogens is 1. The van der Waals surface area contributed by atoms with Gasteiger partial charge >= 0.3 is 0 Å². The summed E-state index contributed by atoms with van der Waals surface area (Å²) in [4.78, 5) is 23.4. The van der Waals surface area contributed by atoms with Crippen molar-refractivity contribution in [2.45, 2.75) is 26.0 Å². The van der Waals surface area contributed by atoms with Gasteiger partial charge in [-0.15, -0.1) is 0 Å². The number of carbonyl (C=O) groups excluding carboxylic acids is 2. The Hall–Kier alpha value is -1.99. The van der Waals surface area contributed by atoms with Gasteiger partial charge in [0.25, 0.3) is 0 Å². The summed E-state index contributed by atoms with van der Waals surface area (Å²) in [6.45, 7) is 3.72. The molecule has 0 spiro atoms. The van der Waals surface area contributed by atoms with Crippen LogP contribution in [0.1, 0.15) is 25.5 Å². The zero-order valence-electron chi connectivity index (χ0n) is 13.6. The topological polar surface area (TPSA) is 93.5 Å².